The van der Waals surface area contributed by atoms with E-state index in [4.69, 9.17) is 0 Å². The summed E-state index contributed by atoms with van der Waals surface area (Å²) in [6.07, 6.45) is 5.44. The molecular formula is C16H24BrN. The Bertz CT molecular complexity index is 374. The van der Waals surface area contributed by atoms with Crippen LogP contribution in [0.2, 0.25) is 0 Å². The number of nitrogens with zero attached hydrogens (tertiary/aromatic N) is 1. The van der Waals surface area contributed by atoms with Gasteiger partial charge in [0, 0.05) is 24.1 Å². The molecule has 2 rings (SSSR count). The molecule has 0 aliphatic carbocycles. The summed E-state index contributed by atoms with van der Waals surface area (Å²) in [7, 11) is 0. The summed E-state index contributed by atoms with van der Waals surface area (Å²) < 4.78 is 1.24. The van der Waals surface area contributed by atoms with Crippen LogP contribution in [0.3, 0.4) is 0 Å². The van der Waals surface area contributed by atoms with E-state index in [1.807, 2.05) is 0 Å². The van der Waals surface area contributed by atoms with Crippen molar-refractivity contribution in [2.75, 3.05) is 13.1 Å². The molecule has 0 spiro atoms. The Labute approximate surface area is 120 Å². The highest BCUT2D eigenvalue weighted by atomic mass is 79.9. The number of benzene rings is 1. The van der Waals surface area contributed by atoms with Gasteiger partial charge in [-0.3, -0.25) is 4.90 Å². The summed E-state index contributed by atoms with van der Waals surface area (Å²) in [6.45, 7) is 8.30. The lowest BCUT2D eigenvalue weighted by atomic mass is 9.72. The lowest BCUT2D eigenvalue weighted by molar-refractivity contribution is -0.0204. The molecule has 1 aromatic rings. The zero-order valence-corrected chi connectivity index (χ0v) is 13.2. The highest BCUT2D eigenvalue weighted by Crippen LogP contribution is 2.40. The minimum absolute atomic E-state index is 0.630. The molecule has 1 nitrogen and oxygen atoms in total. The maximum atomic E-state index is 3.64. The molecule has 0 unspecified atom stereocenters. The standard InChI is InChI=1S/C16H24BrN/c1-3-9-16(10-4-2)12-18(13-16)11-14-7-5-6-8-15(14)17/h5-8H,3-4,9-13H2,1-2H3. The molecule has 1 heterocycles. The fourth-order valence-electron chi connectivity index (χ4n) is 3.38. The quantitative estimate of drug-likeness (QED) is 0.726. The van der Waals surface area contributed by atoms with E-state index in [0.29, 0.717) is 5.41 Å². The Morgan fingerprint density at radius 1 is 1.11 bits per heavy atom. The van der Waals surface area contributed by atoms with Crippen LogP contribution in [0.5, 0.6) is 0 Å². The Hall–Kier alpha value is -0.340. The molecule has 0 saturated carbocycles. The van der Waals surface area contributed by atoms with Gasteiger partial charge in [-0.05, 0) is 29.9 Å². The monoisotopic (exact) mass is 309 g/mol. The number of halogens is 1. The van der Waals surface area contributed by atoms with Gasteiger partial charge in [-0.25, -0.2) is 0 Å². The van der Waals surface area contributed by atoms with Crippen LogP contribution >= 0.6 is 15.9 Å². The number of rotatable bonds is 6. The molecule has 0 bridgehead atoms. The van der Waals surface area contributed by atoms with Crippen molar-refractivity contribution in [3.8, 4) is 0 Å². The van der Waals surface area contributed by atoms with E-state index in [-0.39, 0.29) is 0 Å². The molecule has 1 aliphatic rings. The van der Waals surface area contributed by atoms with E-state index in [0.717, 1.165) is 6.54 Å². The first-order valence-electron chi connectivity index (χ1n) is 7.15. The van der Waals surface area contributed by atoms with Crippen molar-refractivity contribution in [1.82, 2.24) is 4.90 Å². The second-order valence-corrected chi connectivity index (χ2v) is 6.59. The van der Waals surface area contributed by atoms with Crippen LogP contribution in [0.4, 0.5) is 0 Å². The van der Waals surface area contributed by atoms with Crippen LogP contribution < -0.4 is 0 Å². The van der Waals surface area contributed by atoms with Gasteiger partial charge >= 0.3 is 0 Å². The second-order valence-electron chi connectivity index (χ2n) is 5.74. The van der Waals surface area contributed by atoms with Crippen LogP contribution in [0, 0.1) is 5.41 Å². The summed E-state index contributed by atoms with van der Waals surface area (Å²) in [5, 5.41) is 0. The third-order valence-electron chi connectivity index (χ3n) is 4.03. The smallest absolute Gasteiger partial charge is 0.0245 e. The summed E-state index contributed by atoms with van der Waals surface area (Å²) in [6, 6.07) is 8.58. The SMILES string of the molecule is CCCC1(CCC)CN(Cc2ccccc2Br)C1. The van der Waals surface area contributed by atoms with Crippen molar-refractivity contribution < 1.29 is 0 Å². The van der Waals surface area contributed by atoms with Crippen LogP contribution in [0.1, 0.15) is 45.1 Å². The molecule has 1 fully saturated rings. The predicted molar refractivity (Wildman–Crippen MR) is 81.7 cm³/mol. The zero-order valence-electron chi connectivity index (χ0n) is 11.6. The Morgan fingerprint density at radius 2 is 1.72 bits per heavy atom. The average molecular weight is 310 g/mol. The van der Waals surface area contributed by atoms with Gasteiger partial charge < -0.3 is 0 Å². The van der Waals surface area contributed by atoms with Gasteiger partial charge in [-0.2, -0.15) is 0 Å². The molecule has 1 aliphatic heterocycles. The van der Waals surface area contributed by atoms with Crippen molar-refractivity contribution in [3.63, 3.8) is 0 Å². The molecule has 18 heavy (non-hydrogen) atoms. The van der Waals surface area contributed by atoms with Crippen LogP contribution in [0.25, 0.3) is 0 Å². The van der Waals surface area contributed by atoms with Gasteiger partial charge in [0.2, 0.25) is 0 Å². The molecule has 1 saturated heterocycles. The minimum Gasteiger partial charge on any atom is -0.298 e. The number of hydrogen-bond donors (Lipinski definition) is 0. The highest BCUT2D eigenvalue weighted by molar-refractivity contribution is 9.10. The molecule has 2 heteroatoms. The van der Waals surface area contributed by atoms with E-state index in [9.17, 15) is 0 Å². The van der Waals surface area contributed by atoms with Crippen LogP contribution in [-0.2, 0) is 6.54 Å². The van der Waals surface area contributed by atoms with E-state index >= 15 is 0 Å². The van der Waals surface area contributed by atoms with Gasteiger partial charge in [0.1, 0.15) is 0 Å². The summed E-state index contributed by atoms with van der Waals surface area (Å²) >= 11 is 3.64. The van der Waals surface area contributed by atoms with Crippen molar-refractivity contribution >= 4 is 15.9 Å². The van der Waals surface area contributed by atoms with Crippen LogP contribution in [0.15, 0.2) is 28.7 Å². The van der Waals surface area contributed by atoms with Crippen molar-refractivity contribution in [1.29, 1.82) is 0 Å². The van der Waals surface area contributed by atoms with E-state index in [2.05, 4.69) is 58.9 Å². The fraction of sp³-hybridized carbons (Fsp3) is 0.625. The highest BCUT2D eigenvalue weighted by Gasteiger charge is 2.40. The fourth-order valence-corrected chi connectivity index (χ4v) is 3.79. The molecule has 0 amide bonds. The maximum absolute atomic E-state index is 3.64. The largest absolute Gasteiger partial charge is 0.298 e. The second kappa shape index (κ2) is 6.21. The van der Waals surface area contributed by atoms with E-state index < -0.39 is 0 Å². The molecule has 0 atom stereocenters. The Morgan fingerprint density at radius 3 is 2.28 bits per heavy atom. The topological polar surface area (TPSA) is 3.24 Å². The van der Waals surface area contributed by atoms with Crippen molar-refractivity contribution in [3.05, 3.63) is 34.3 Å². The molecule has 100 valence electrons. The number of likely N-dealkylation sites (tertiary alicyclic amines) is 1. The zero-order chi connectivity index (χ0) is 13.0. The third-order valence-corrected chi connectivity index (χ3v) is 4.80. The van der Waals surface area contributed by atoms with E-state index in [1.54, 1.807) is 0 Å². The first kappa shape index (κ1) is 14.1. The van der Waals surface area contributed by atoms with Gasteiger partial charge in [-0.1, -0.05) is 60.8 Å². The van der Waals surface area contributed by atoms with Crippen molar-refractivity contribution in [2.45, 2.75) is 46.1 Å². The van der Waals surface area contributed by atoms with Crippen molar-refractivity contribution in [2.24, 2.45) is 5.41 Å². The average Bonchev–Trinajstić information content (AvgIpc) is 2.30. The molecular weight excluding hydrogens is 286 g/mol. The minimum atomic E-state index is 0.630. The molecule has 0 aromatic heterocycles. The third kappa shape index (κ3) is 3.16. The van der Waals surface area contributed by atoms with Crippen LogP contribution in [-0.4, -0.2) is 18.0 Å². The van der Waals surface area contributed by atoms with Gasteiger partial charge in [0.05, 0.1) is 0 Å². The lowest BCUT2D eigenvalue weighted by Crippen LogP contribution is -2.55. The van der Waals surface area contributed by atoms with Gasteiger partial charge in [0.15, 0.2) is 0 Å². The Kier molecular flexibility index (Phi) is 4.85. The first-order chi connectivity index (χ1) is 8.69. The lowest BCUT2D eigenvalue weighted by Gasteiger charge is -2.51. The molecule has 1 aromatic carbocycles. The normalized spacial score (nSPS) is 18.6. The summed E-state index contributed by atoms with van der Waals surface area (Å²) in [4.78, 5) is 2.59. The number of hydrogen-bond acceptors (Lipinski definition) is 1. The predicted octanol–water partition coefficient (Wildman–Crippen LogP) is 4.85. The summed E-state index contributed by atoms with van der Waals surface area (Å²) in [5.41, 5.74) is 2.05. The maximum Gasteiger partial charge on any atom is 0.0245 e. The molecule has 0 radical (unpaired) electrons. The van der Waals surface area contributed by atoms with Gasteiger partial charge in [0.25, 0.3) is 0 Å². The van der Waals surface area contributed by atoms with Gasteiger partial charge in [-0.15, -0.1) is 0 Å². The first-order valence-corrected chi connectivity index (χ1v) is 7.94. The summed E-state index contributed by atoms with van der Waals surface area (Å²) in [5.74, 6) is 0. The molecule has 0 N–H and O–H groups in total. The Balaban J connectivity index is 1.90. The van der Waals surface area contributed by atoms with E-state index in [1.165, 1.54) is 48.8 Å².